The molecule has 294 valence electrons. The molecule has 4 aromatic carbocycles. The van der Waals surface area contributed by atoms with Gasteiger partial charge in [-0.1, -0.05) is 113 Å². The smallest absolute Gasteiger partial charge is 0.341 e. The molecular weight excluding hydrogens is 751 g/mol. The Bertz CT molecular complexity index is 2260. The fraction of sp³-hybridized carbons (Fsp3) is 0.277. The van der Waals surface area contributed by atoms with E-state index in [1.54, 1.807) is 42.5 Å². The number of amides is 3. The molecule has 3 amide bonds. The van der Waals surface area contributed by atoms with Crippen molar-refractivity contribution in [3.63, 3.8) is 0 Å². The van der Waals surface area contributed by atoms with Gasteiger partial charge in [-0.05, 0) is 95.2 Å². The van der Waals surface area contributed by atoms with Crippen LogP contribution in [0.2, 0.25) is 0 Å². The Morgan fingerprint density at radius 3 is 2.18 bits per heavy atom. The highest BCUT2D eigenvalue weighted by Crippen LogP contribution is 2.45. The van der Waals surface area contributed by atoms with Gasteiger partial charge in [0.15, 0.2) is 0 Å². The Morgan fingerprint density at radius 2 is 1.53 bits per heavy atom. The van der Waals surface area contributed by atoms with Crippen LogP contribution >= 0.6 is 23.1 Å². The molecule has 0 bridgehead atoms. The number of thioether (sulfide) groups is 1. The van der Waals surface area contributed by atoms with Crippen LogP contribution in [0.15, 0.2) is 120 Å². The molecule has 0 aliphatic heterocycles. The lowest BCUT2D eigenvalue weighted by Gasteiger charge is -2.33. The van der Waals surface area contributed by atoms with Crippen molar-refractivity contribution in [1.29, 1.82) is 0 Å². The zero-order valence-corrected chi connectivity index (χ0v) is 34.8. The first-order valence-electron chi connectivity index (χ1n) is 19.2. The van der Waals surface area contributed by atoms with Crippen LogP contribution in [0.1, 0.15) is 100 Å². The summed E-state index contributed by atoms with van der Waals surface area (Å²) in [7, 11) is 1.37. The average molecular weight is 800 g/mol. The molecule has 1 aliphatic rings. The van der Waals surface area contributed by atoms with Crippen LogP contribution in [-0.4, -0.2) is 30.8 Å². The molecule has 8 nitrogen and oxygen atoms in total. The molecule has 0 saturated carbocycles. The van der Waals surface area contributed by atoms with Gasteiger partial charge in [-0.3, -0.25) is 14.4 Å². The van der Waals surface area contributed by atoms with E-state index in [-0.39, 0.29) is 17.0 Å². The van der Waals surface area contributed by atoms with Crippen molar-refractivity contribution < 1.29 is 23.9 Å². The molecule has 5 aromatic rings. The number of rotatable bonds is 12. The Morgan fingerprint density at radius 1 is 0.842 bits per heavy atom. The minimum atomic E-state index is -0.696. The third-order valence-electron chi connectivity index (χ3n) is 10.2. The van der Waals surface area contributed by atoms with Crippen LogP contribution in [-0.2, 0) is 27.2 Å². The lowest BCUT2D eigenvalue weighted by Crippen LogP contribution is -2.30. The number of hydrogen-bond acceptors (Lipinski definition) is 7. The fourth-order valence-electron chi connectivity index (χ4n) is 6.88. The second kappa shape index (κ2) is 18.2. The summed E-state index contributed by atoms with van der Waals surface area (Å²) in [5, 5.41) is 8.69. The minimum absolute atomic E-state index is 0.0784. The molecule has 10 heteroatoms. The number of fused-ring (bicyclic) bond motifs is 1. The molecular formula is C47H49N3O5S2. The summed E-state index contributed by atoms with van der Waals surface area (Å²) < 4.78 is 5.22. The van der Waals surface area contributed by atoms with Gasteiger partial charge in [-0.2, -0.15) is 0 Å². The highest BCUT2D eigenvalue weighted by molar-refractivity contribution is 8.00. The normalized spacial score (nSPS) is 14.6. The maximum atomic E-state index is 14.3. The number of carbonyl (C=O) groups excluding carboxylic acids is 4. The van der Waals surface area contributed by atoms with Gasteiger partial charge in [-0.25, -0.2) is 4.79 Å². The fourth-order valence-corrected chi connectivity index (χ4v) is 9.28. The molecule has 1 heterocycles. The van der Waals surface area contributed by atoms with Crippen LogP contribution in [0.25, 0.3) is 6.08 Å². The van der Waals surface area contributed by atoms with Gasteiger partial charge in [0.2, 0.25) is 5.91 Å². The number of benzene rings is 4. The number of nitrogens with one attached hydrogen (secondary N) is 3. The highest BCUT2D eigenvalue weighted by atomic mass is 32.2. The third-order valence-corrected chi connectivity index (χ3v) is 12.7. The number of ether oxygens (including phenoxy) is 1. The standard InChI is InChI=1S/C47H49N3O5S2/c1-29(2)31-22-20-30(21-23-31)26-38(49-42(51)33-16-11-8-12-17-33)43(52)48-35-18-13-19-36(28-35)56-41(32-14-9-7-10-15-32)44(53)50-45-40(46(54)55-6)37-25-24-34(47(3,4)5)27-39(37)57-45/h7-23,26,28-29,34,41H,24-25,27H2,1-6H3,(H,48,52)(H,49,51)(H,50,53)/b38-26+. The zero-order valence-electron chi connectivity index (χ0n) is 33.2. The molecule has 2 unspecified atom stereocenters. The van der Waals surface area contributed by atoms with Gasteiger partial charge in [0.1, 0.15) is 15.9 Å². The number of carbonyl (C=O) groups is 4. The maximum absolute atomic E-state index is 14.3. The van der Waals surface area contributed by atoms with Crippen LogP contribution in [0.5, 0.6) is 0 Å². The predicted molar refractivity (Wildman–Crippen MR) is 232 cm³/mol. The molecule has 57 heavy (non-hydrogen) atoms. The van der Waals surface area contributed by atoms with Crippen LogP contribution in [0.3, 0.4) is 0 Å². The largest absolute Gasteiger partial charge is 0.465 e. The van der Waals surface area contributed by atoms with Crippen LogP contribution < -0.4 is 16.0 Å². The summed E-state index contributed by atoms with van der Waals surface area (Å²) in [4.78, 5) is 56.5. The lowest BCUT2D eigenvalue weighted by atomic mass is 9.72. The van der Waals surface area contributed by atoms with Crippen molar-refractivity contribution in [2.75, 3.05) is 17.7 Å². The summed E-state index contributed by atoms with van der Waals surface area (Å²) >= 11 is 2.80. The van der Waals surface area contributed by atoms with E-state index in [1.165, 1.54) is 30.2 Å². The van der Waals surface area contributed by atoms with Crippen molar-refractivity contribution in [3.05, 3.63) is 153 Å². The molecule has 0 fully saturated rings. The van der Waals surface area contributed by atoms with Crippen molar-refractivity contribution in [2.24, 2.45) is 11.3 Å². The molecule has 6 rings (SSSR count). The van der Waals surface area contributed by atoms with E-state index in [0.717, 1.165) is 51.3 Å². The monoisotopic (exact) mass is 799 g/mol. The number of methoxy groups -OCH3 is 1. The topological polar surface area (TPSA) is 114 Å². The quantitative estimate of drug-likeness (QED) is 0.0658. The van der Waals surface area contributed by atoms with E-state index < -0.39 is 23.0 Å². The van der Waals surface area contributed by atoms with E-state index >= 15 is 0 Å². The zero-order chi connectivity index (χ0) is 40.7. The first kappa shape index (κ1) is 41.2. The second-order valence-electron chi connectivity index (χ2n) is 15.6. The Balaban J connectivity index is 1.25. The Labute approximate surface area is 343 Å². The molecule has 1 aliphatic carbocycles. The van der Waals surface area contributed by atoms with Crippen molar-refractivity contribution >= 4 is 63.6 Å². The molecule has 0 radical (unpaired) electrons. The lowest BCUT2D eigenvalue weighted by molar-refractivity contribution is -0.116. The van der Waals surface area contributed by atoms with Crippen LogP contribution in [0.4, 0.5) is 10.7 Å². The first-order valence-corrected chi connectivity index (χ1v) is 20.8. The predicted octanol–water partition coefficient (Wildman–Crippen LogP) is 10.7. The molecule has 3 N–H and O–H groups in total. The van der Waals surface area contributed by atoms with E-state index in [1.807, 2.05) is 72.8 Å². The summed E-state index contributed by atoms with van der Waals surface area (Å²) in [5.74, 6) is -0.841. The molecule has 1 aromatic heterocycles. The second-order valence-corrected chi connectivity index (χ2v) is 17.9. The van der Waals surface area contributed by atoms with Gasteiger partial charge in [0.25, 0.3) is 11.8 Å². The van der Waals surface area contributed by atoms with Gasteiger partial charge in [-0.15, -0.1) is 23.1 Å². The van der Waals surface area contributed by atoms with E-state index in [2.05, 4.69) is 50.6 Å². The van der Waals surface area contributed by atoms with Crippen molar-refractivity contribution in [1.82, 2.24) is 5.32 Å². The van der Waals surface area contributed by atoms with E-state index in [4.69, 9.17) is 4.74 Å². The maximum Gasteiger partial charge on any atom is 0.341 e. The van der Waals surface area contributed by atoms with Gasteiger partial charge < -0.3 is 20.7 Å². The minimum Gasteiger partial charge on any atom is -0.465 e. The molecule has 0 spiro atoms. The van der Waals surface area contributed by atoms with Crippen LogP contribution in [0, 0.1) is 11.3 Å². The van der Waals surface area contributed by atoms with Crippen molar-refractivity contribution in [2.45, 2.75) is 69.9 Å². The van der Waals surface area contributed by atoms with E-state index in [0.29, 0.717) is 33.7 Å². The third kappa shape index (κ3) is 10.3. The number of anilines is 2. The summed E-state index contributed by atoms with van der Waals surface area (Å²) in [6.45, 7) is 11.0. The summed E-state index contributed by atoms with van der Waals surface area (Å²) in [5.41, 5.74) is 5.22. The SMILES string of the molecule is COC(=O)c1c(NC(=O)C(Sc2cccc(NC(=O)/C(=C\c3ccc(C(C)C)cc3)NC(=O)c3ccccc3)c2)c2ccccc2)sc2c1CCC(C(C)(C)C)C2. The Hall–Kier alpha value is -5.45. The first-order chi connectivity index (χ1) is 27.3. The van der Waals surface area contributed by atoms with E-state index in [9.17, 15) is 19.2 Å². The van der Waals surface area contributed by atoms with Gasteiger partial charge in [0, 0.05) is 21.0 Å². The molecule has 0 saturated heterocycles. The summed E-state index contributed by atoms with van der Waals surface area (Å²) in [6, 6.07) is 33.3. The number of hydrogen-bond donors (Lipinski definition) is 3. The average Bonchev–Trinajstić information content (AvgIpc) is 3.57. The Kier molecular flexibility index (Phi) is 13.2. The number of esters is 1. The van der Waals surface area contributed by atoms with Gasteiger partial charge in [0.05, 0.1) is 12.7 Å². The van der Waals surface area contributed by atoms with Crippen molar-refractivity contribution in [3.8, 4) is 0 Å². The van der Waals surface area contributed by atoms with Gasteiger partial charge >= 0.3 is 5.97 Å². The number of thiophene rings is 1. The summed E-state index contributed by atoms with van der Waals surface area (Å²) in [6.07, 6.45) is 4.21. The molecule has 2 atom stereocenters. The highest BCUT2D eigenvalue weighted by Gasteiger charge is 2.35.